The van der Waals surface area contributed by atoms with Crippen molar-refractivity contribution in [2.45, 2.75) is 6.61 Å². The minimum absolute atomic E-state index is 0.164. The molecule has 0 bridgehead atoms. The third-order valence-corrected chi connectivity index (χ3v) is 3.05. The fourth-order valence-electron chi connectivity index (χ4n) is 1.93. The molecule has 6 nitrogen and oxygen atoms in total. The summed E-state index contributed by atoms with van der Waals surface area (Å²) in [4.78, 5) is 12.0. The summed E-state index contributed by atoms with van der Waals surface area (Å²) < 4.78 is 11.5. The smallest absolute Gasteiger partial charge is 0.437 e. The molecule has 2 aromatic carbocycles. The minimum Gasteiger partial charge on any atom is -0.497 e. The normalized spacial score (nSPS) is 10.5. The van der Waals surface area contributed by atoms with Crippen molar-refractivity contribution < 1.29 is 14.3 Å². The number of methoxy groups -OCH3 is 1. The van der Waals surface area contributed by atoms with Crippen LogP contribution in [0.4, 0.5) is 4.79 Å². The van der Waals surface area contributed by atoms with Gasteiger partial charge in [-0.2, -0.15) is 0 Å². The van der Waals surface area contributed by atoms with Crippen LogP contribution in [-0.2, 0) is 11.3 Å². The first-order chi connectivity index (χ1) is 10.3. The number of fused-ring (bicyclic) bond motifs is 1. The number of nitrogens with zero attached hydrogens (tertiary/aromatic N) is 3. The van der Waals surface area contributed by atoms with E-state index >= 15 is 0 Å². The molecule has 0 N–H and O–H groups in total. The van der Waals surface area contributed by atoms with Crippen LogP contribution in [0.1, 0.15) is 5.56 Å². The summed E-state index contributed by atoms with van der Waals surface area (Å²) in [5, 5.41) is 7.72. The van der Waals surface area contributed by atoms with Crippen LogP contribution in [0.2, 0.25) is 0 Å². The van der Waals surface area contributed by atoms with Crippen LogP contribution in [0.15, 0.2) is 48.5 Å². The van der Waals surface area contributed by atoms with Gasteiger partial charge >= 0.3 is 6.09 Å². The van der Waals surface area contributed by atoms with Crippen molar-refractivity contribution in [3.05, 3.63) is 54.1 Å². The molecule has 0 amide bonds. The molecule has 3 rings (SSSR count). The first-order valence-corrected chi connectivity index (χ1v) is 6.38. The lowest BCUT2D eigenvalue weighted by Crippen LogP contribution is -2.15. The Morgan fingerprint density at radius 2 is 1.90 bits per heavy atom. The lowest BCUT2D eigenvalue weighted by atomic mass is 10.2. The van der Waals surface area contributed by atoms with E-state index in [1.807, 2.05) is 36.4 Å². The number of hydrogen-bond donors (Lipinski definition) is 0. The second-order valence-corrected chi connectivity index (χ2v) is 4.39. The molecule has 0 aliphatic carbocycles. The molecule has 0 spiro atoms. The van der Waals surface area contributed by atoms with Gasteiger partial charge in [0.05, 0.1) is 7.11 Å². The summed E-state index contributed by atoms with van der Waals surface area (Å²) in [5.41, 5.74) is 2.14. The van der Waals surface area contributed by atoms with Crippen molar-refractivity contribution in [2.24, 2.45) is 0 Å². The maximum Gasteiger partial charge on any atom is 0.437 e. The molecule has 21 heavy (non-hydrogen) atoms. The Kier molecular flexibility index (Phi) is 3.51. The highest BCUT2D eigenvalue weighted by Gasteiger charge is 2.12. The Morgan fingerprint density at radius 3 is 2.67 bits per heavy atom. The second-order valence-electron chi connectivity index (χ2n) is 4.39. The van der Waals surface area contributed by atoms with Crippen molar-refractivity contribution >= 4 is 17.1 Å². The Morgan fingerprint density at radius 1 is 1.14 bits per heavy atom. The van der Waals surface area contributed by atoms with Crippen LogP contribution in [0.25, 0.3) is 11.0 Å². The third kappa shape index (κ3) is 2.69. The lowest BCUT2D eigenvalue weighted by molar-refractivity contribution is 0.138. The van der Waals surface area contributed by atoms with Crippen LogP contribution in [-0.4, -0.2) is 28.2 Å². The quantitative estimate of drug-likeness (QED) is 0.739. The van der Waals surface area contributed by atoms with E-state index in [4.69, 9.17) is 9.47 Å². The van der Waals surface area contributed by atoms with Crippen LogP contribution < -0.4 is 4.74 Å². The van der Waals surface area contributed by atoms with Crippen molar-refractivity contribution in [1.82, 2.24) is 15.0 Å². The van der Waals surface area contributed by atoms with E-state index in [1.165, 1.54) is 0 Å². The number of aromatic nitrogens is 3. The minimum atomic E-state index is -0.556. The first-order valence-electron chi connectivity index (χ1n) is 6.38. The molecular weight excluding hydrogens is 270 g/mol. The number of rotatable bonds is 3. The highest BCUT2D eigenvalue weighted by molar-refractivity contribution is 5.84. The van der Waals surface area contributed by atoms with Gasteiger partial charge in [0.2, 0.25) is 0 Å². The molecule has 106 valence electrons. The Bertz CT molecular complexity index is 765. The van der Waals surface area contributed by atoms with Gasteiger partial charge in [-0.3, -0.25) is 0 Å². The summed E-state index contributed by atoms with van der Waals surface area (Å²) in [7, 11) is 1.60. The van der Waals surface area contributed by atoms with E-state index in [1.54, 1.807) is 19.2 Å². The van der Waals surface area contributed by atoms with E-state index in [2.05, 4.69) is 10.3 Å². The van der Waals surface area contributed by atoms with Crippen LogP contribution >= 0.6 is 0 Å². The fourth-order valence-corrected chi connectivity index (χ4v) is 1.93. The van der Waals surface area contributed by atoms with E-state index in [9.17, 15) is 4.79 Å². The zero-order valence-electron chi connectivity index (χ0n) is 11.4. The topological polar surface area (TPSA) is 66.2 Å². The number of ether oxygens (including phenoxy) is 2. The standard InChI is InChI=1S/C15H13N3O3/c1-20-12-8-6-11(7-9-12)10-21-15(19)18-14-5-3-2-4-13(14)16-17-18/h2-9H,10H2,1H3. The first kappa shape index (κ1) is 13.1. The molecule has 0 aliphatic heterocycles. The van der Waals surface area contributed by atoms with Gasteiger partial charge in [-0.05, 0) is 29.8 Å². The predicted molar refractivity (Wildman–Crippen MR) is 76.1 cm³/mol. The highest BCUT2D eigenvalue weighted by Crippen LogP contribution is 2.13. The monoisotopic (exact) mass is 283 g/mol. The van der Waals surface area contributed by atoms with Crippen molar-refractivity contribution in [3.63, 3.8) is 0 Å². The van der Waals surface area contributed by atoms with Gasteiger partial charge in [0.1, 0.15) is 23.4 Å². The van der Waals surface area contributed by atoms with Gasteiger partial charge < -0.3 is 9.47 Å². The van der Waals surface area contributed by atoms with E-state index in [0.717, 1.165) is 16.0 Å². The molecule has 0 unspecified atom stereocenters. The average Bonchev–Trinajstić information content (AvgIpc) is 2.97. The summed E-state index contributed by atoms with van der Waals surface area (Å²) in [6.45, 7) is 0.164. The van der Waals surface area contributed by atoms with Crippen molar-refractivity contribution in [2.75, 3.05) is 7.11 Å². The maximum atomic E-state index is 12.0. The molecule has 0 fully saturated rings. The zero-order chi connectivity index (χ0) is 14.7. The number of hydrogen-bond acceptors (Lipinski definition) is 5. The lowest BCUT2D eigenvalue weighted by Gasteiger charge is -2.05. The van der Waals surface area contributed by atoms with Crippen LogP contribution in [0.3, 0.4) is 0 Å². The number of carbonyl (C=O) groups is 1. The molecular formula is C15H13N3O3. The van der Waals surface area contributed by atoms with Crippen LogP contribution in [0, 0.1) is 0 Å². The SMILES string of the molecule is COc1ccc(COC(=O)n2nnc3ccccc32)cc1. The Hall–Kier alpha value is -2.89. The number of benzene rings is 2. The van der Waals surface area contributed by atoms with Crippen molar-refractivity contribution in [3.8, 4) is 5.75 Å². The number of para-hydroxylation sites is 1. The molecule has 0 atom stereocenters. The molecule has 0 saturated carbocycles. The summed E-state index contributed by atoms with van der Waals surface area (Å²) in [6, 6.07) is 14.5. The van der Waals surface area contributed by atoms with Gasteiger partial charge in [0.15, 0.2) is 0 Å². The summed E-state index contributed by atoms with van der Waals surface area (Å²) in [6.07, 6.45) is -0.556. The molecule has 0 aliphatic rings. The largest absolute Gasteiger partial charge is 0.497 e. The van der Waals surface area contributed by atoms with Gasteiger partial charge in [0.25, 0.3) is 0 Å². The molecule has 1 heterocycles. The summed E-state index contributed by atoms with van der Waals surface area (Å²) in [5.74, 6) is 0.757. The maximum absolute atomic E-state index is 12.0. The van der Waals surface area contributed by atoms with Gasteiger partial charge in [0, 0.05) is 0 Å². The molecule has 1 aromatic heterocycles. The number of carbonyl (C=O) groups excluding carboxylic acids is 1. The van der Waals surface area contributed by atoms with E-state index in [0.29, 0.717) is 11.0 Å². The van der Waals surface area contributed by atoms with Crippen LogP contribution in [0.5, 0.6) is 5.75 Å². The Balaban J connectivity index is 1.71. The fraction of sp³-hybridized carbons (Fsp3) is 0.133. The average molecular weight is 283 g/mol. The highest BCUT2D eigenvalue weighted by atomic mass is 16.6. The zero-order valence-corrected chi connectivity index (χ0v) is 11.4. The molecule has 0 radical (unpaired) electrons. The van der Waals surface area contributed by atoms with E-state index < -0.39 is 6.09 Å². The van der Waals surface area contributed by atoms with Gasteiger partial charge in [-0.15, -0.1) is 9.78 Å². The second kappa shape index (κ2) is 5.62. The van der Waals surface area contributed by atoms with Gasteiger partial charge in [-0.25, -0.2) is 4.79 Å². The molecule has 6 heteroatoms. The Labute approximate surface area is 120 Å². The van der Waals surface area contributed by atoms with E-state index in [-0.39, 0.29) is 6.61 Å². The molecule has 3 aromatic rings. The van der Waals surface area contributed by atoms with Gasteiger partial charge in [-0.1, -0.05) is 29.5 Å². The third-order valence-electron chi connectivity index (χ3n) is 3.05. The summed E-state index contributed by atoms with van der Waals surface area (Å²) >= 11 is 0. The predicted octanol–water partition coefficient (Wildman–Crippen LogP) is 2.62. The molecule has 0 saturated heterocycles. The van der Waals surface area contributed by atoms with Crippen molar-refractivity contribution in [1.29, 1.82) is 0 Å².